The van der Waals surface area contributed by atoms with Crippen LogP contribution in [0, 0.1) is 0 Å². The molecule has 7 nitrogen and oxygen atoms in total. The lowest BCUT2D eigenvalue weighted by Crippen LogP contribution is -2.21. The molecule has 3 aromatic carbocycles. The topological polar surface area (TPSA) is 103 Å². The molecule has 28 heavy (non-hydrogen) atoms. The molecule has 0 aliphatic carbocycles. The van der Waals surface area contributed by atoms with Crippen LogP contribution in [-0.2, 0) is 4.79 Å². The number of hydrazone groups is 1. The van der Waals surface area contributed by atoms with E-state index in [-0.39, 0.29) is 12.5 Å². The Morgan fingerprint density at radius 3 is 2.46 bits per heavy atom. The molecule has 0 unspecified atom stereocenters. The molecule has 0 radical (unpaired) electrons. The quantitative estimate of drug-likeness (QED) is 0.193. The SMILES string of the molecule is N/C=[N+](\N)c1cccc(OCC(=O)Nc2ccccc2Oc2ccccc2)c1. The molecule has 1 amide bonds. The van der Waals surface area contributed by atoms with Gasteiger partial charge in [0.05, 0.1) is 5.69 Å². The van der Waals surface area contributed by atoms with Crippen LogP contribution in [0.5, 0.6) is 17.2 Å². The van der Waals surface area contributed by atoms with Crippen LogP contribution in [0.25, 0.3) is 0 Å². The molecule has 0 fully saturated rings. The minimum absolute atomic E-state index is 0.167. The molecule has 3 aromatic rings. The van der Waals surface area contributed by atoms with Crippen molar-refractivity contribution in [3.8, 4) is 17.2 Å². The van der Waals surface area contributed by atoms with Crippen molar-refractivity contribution in [2.75, 3.05) is 11.9 Å². The minimum atomic E-state index is -0.315. The molecule has 0 aliphatic heterocycles. The van der Waals surface area contributed by atoms with E-state index in [9.17, 15) is 4.79 Å². The number of hydrazine groups is 1. The van der Waals surface area contributed by atoms with Crippen molar-refractivity contribution in [2.24, 2.45) is 11.6 Å². The van der Waals surface area contributed by atoms with Gasteiger partial charge < -0.3 is 14.8 Å². The van der Waals surface area contributed by atoms with Gasteiger partial charge in [0, 0.05) is 6.07 Å². The average molecular weight is 377 g/mol. The summed E-state index contributed by atoms with van der Waals surface area (Å²) in [6.45, 7) is -0.167. The number of nitrogens with zero attached hydrogens (tertiary/aromatic N) is 1. The van der Waals surface area contributed by atoms with E-state index >= 15 is 0 Å². The fraction of sp³-hybridized carbons (Fsp3) is 0.0476. The zero-order valence-corrected chi connectivity index (χ0v) is 15.1. The Hall–Kier alpha value is -4.00. The molecule has 0 aromatic heterocycles. The van der Waals surface area contributed by atoms with Gasteiger partial charge in [0.1, 0.15) is 11.5 Å². The van der Waals surface area contributed by atoms with Crippen LogP contribution in [0.4, 0.5) is 11.4 Å². The van der Waals surface area contributed by atoms with Gasteiger partial charge in [-0.1, -0.05) is 36.4 Å². The van der Waals surface area contributed by atoms with Gasteiger partial charge >= 0.3 is 0 Å². The first-order valence-electron chi connectivity index (χ1n) is 8.59. The Bertz CT molecular complexity index is 974. The first kappa shape index (κ1) is 18.8. The standard InChI is InChI=1S/C21H20N4O3/c22-15-25(23)16-7-6-10-18(13-16)27-14-21(26)24-19-11-4-5-12-20(19)28-17-8-2-1-3-9-17/h1-13,15,22H,14,23H2,(H,24,26)/p+1. The van der Waals surface area contributed by atoms with Gasteiger partial charge in [-0.25, -0.2) is 0 Å². The second-order valence-corrected chi connectivity index (χ2v) is 5.80. The Morgan fingerprint density at radius 2 is 1.68 bits per heavy atom. The number of ether oxygens (including phenoxy) is 2. The van der Waals surface area contributed by atoms with E-state index in [1.54, 1.807) is 36.4 Å². The Balaban J connectivity index is 1.63. The van der Waals surface area contributed by atoms with Gasteiger partial charge in [0.15, 0.2) is 18.0 Å². The lowest BCUT2D eigenvalue weighted by Gasteiger charge is -2.12. The Labute approximate surface area is 162 Å². The number of carbonyl (C=O) groups is 1. The predicted molar refractivity (Wildman–Crippen MR) is 108 cm³/mol. The van der Waals surface area contributed by atoms with Crippen LogP contribution in [0.15, 0.2) is 78.9 Å². The molecule has 0 spiro atoms. The number of hydrogen-bond donors (Lipinski definition) is 3. The summed E-state index contributed by atoms with van der Waals surface area (Å²) >= 11 is 0. The van der Waals surface area contributed by atoms with Crippen molar-refractivity contribution in [1.29, 1.82) is 0 Å². The third kappa shape index (κ3) is 5.01. The van der Waals surface area contributed by atoms with E-state index in [0.717, 1.165) is 0 Å². The van der Waals surface area contributed by atoms with E-state index in [1.165, 1.54) is 11.0 Å². The maximum atomic E-state index is 12.3. The molecular weight excluding hydrogens is 356 g/mol. The number of para-hydroxylation sites is 3. The highest BCUT2D eigenvalue weighted by Crippen LogP contribution is 2.29. The molecule has 0 aliphatic rings. The monoisotopic (exact) mass is 377 g/mol. The van der Waals surface area contributed by atoms with Gasteiger partial charge in [0.2, 0.25) is 0 Å². The van der Waals surface area contributed by atoms with Crippen LogP contribution in [0.3, 0.4) is 0 Å². The van der Waals surface area contributed by atoms with E-state index < -0.39 is 0 Å². The van der Waals surface area contributed by atoms with Crippen LogP contribution in [-0.4, -0.2) is 23.5 Å². The Morgan fingerprint density at radius 1 is 0.964 bits per heavy atom. The summed E-state index contributed by atoms with van der Waals surface area (Å²) in [4.78, 5) is 12.3. The third-order valence-corrected chi connectivity index (χ3v) is 3.78. The summed E-state index contributed by atoms with van der Waals surface area (Å²) < 4.78 is 12.6. The summed E-state index contributed by atoms with van der Waals surface area (Å²) in [5.41, 5.74) is 6.59. The normalized spacial score (nSPS) is 10.9. The van der Waals surface area contributed by atoms with Crippen LogP contribution in [0.1, 0.15) is 0 Å². The van der Waals surface area contributed by atoms with Crippen LogP contribution >= 0.6 is 0 Å². The number of carbonyl (C=O) groups excluding carboxylic acids is 1. The largest absolute Gasteiger partial charge is 0.484 e. The zero-order valence-electron chi connectivity index (χ0n) is 15.1. The van der Waals surface area contributed by atoms with Gasteiger partial charge in [-0.3, -0.25) is 16.4 Å². The molecule has 142 valence electrons. The molecule has 7 heteroatoms. The molecule has 0 heterocycles. The lowest BCUT2D eigenvalue weighted by molar-refractivity contribution is -0.448. The van der Waals surface area contributed by atoms with E-state index in [1.807, 2.05) is 42.5 Å². The summed E-state index contributed by atoms with van der Waals surface area (Å²) in [5, 5.41) is 2.80. The van der Waals surface area contributed by atoms with Crippen molar-refractivity contribution in [3.05, 3.63) is 78.9 Å². The van der Waals surface area contributed by atoms with Crippen molar-refractivity contribution >= 4 is 23.6 Å². The van der Waals surface area contributed by atoms with Gasteiger partial charge in [0.25, 0.3) is 12.2 Å². The fourth-order valence-electron chi connectivity index (χ4n) is 2.43. The maximum absolute atomic E-state index is 12.3. The molecule has 0 saturated carbocycles. The van der Waals surface area contributed by atoms with Crippen molar-refractivity contribution < 1.29 is 19.0 Å². The fourth-order valence-corrected chi connectivity index (χ4v) is 2.43. The molecule has 5 N–H and O–H groups in total. The highest BCUT2D eigenvalue weighted by Gasteiger charge is 2.10. The van der Waals surface area contributed by atoms with Gasteiger partial charge in [-0.15, -0.1) is 4.68 Å². The summed E-state index contributed by atoms with van der Waals surface area (Å²) in [6.07, 6.45) is 1.23. The number of nitrogens with two attached hydrogens (primary N) is 2. The van der Waals surface area contributed by atoms with Crippen molar-refractivity contribution in [3.63, 3.8) is 0 Å². The predicted octanol–water partition coefficient (Wildman–Crippen LogP) is 3.00. The highest BCUT2D eigenvalue weighted by atomic mass is 16.5. The van der Waals surface area contributed by atoms with Crippen molar-refractivity contribution in [2.45, 2.75) is 0 Å². The summed E-state index contributed by atoms with van der Waals surface area (Å²) in [6, 6.07) is 23.5. The average Bonchev–Trinajstić information content (AvgIpc) is 2.74. The molecule has 0 atom stereocenters. The van der Waals surface area contributed by atoms with Crippen LogP contribution < -0.4 is 26.4 Å². The number of amides is 1. The second-order valence-electron chi connectivity index (χ2n) is 5.80. The van der Waals surface area contributed by atoms with E-state index in [4.69, 9.17) is 21.1 Å². The number of rotatable bonds is 7. The number of anilines is 1. The molecule has 3 rings (SSSR count). The maximum Gasteiger partial charge on any atom is 0.262 e. The second kappa shape index (κ2) is 9.09. The number of hydrogen-bond acceptors (Lipinski definition) is 4. The van der Waals surface area contributed by atoms with Gasteiger partial charge in [-0.05, 0) is 36.4 Å². The molecular formula is C21H21N4O3+. The molecule has 0 saturated heterocycles. The van der Waals surface area contributed by atoms with E-state index in [0.29, 0.717) is 28.6 Å². The smallest absolute Gasteiger partial charge is 0.262 e. The molecule has 0 bridgehead atoms. The summed E-state index contributed by atoms with van der Waals surface area (Å²) in [7, 11) is 0. The Kier molecular flexibility index (Phi) is 6.10. The van der Waals surface area contributed by atoms with Crippen LogP contribution in [0.2, 0.25) is 0 Å². The first-order valence-corrected chi connectivity index (χ1v) is 8.59. The van der Waals surface area contributed by atoms with E-state index in [2.05, 4.69) is 5.32 Å². The summed E-state index contributed by atoms with van der Waals surface area (Å²) in [5.74, 6) is 7.11. The highest BCUT2D eigenvalue weighted by molar-refractivity contribution is 5.93. The minimum Gasteiger partial charge on any atom is -0.484 e. The number of nitrogens with one attached hydrogen (secondary N) is 1. The third-order valence-electron chi connectivity index (χ3n) is 3.78. The lowest BCUT2D eigenvalue weighted by atomic mass is 10.3. The number of benzene rings is 3. The van der Waals surface area contributed by atoms with Gasteiger partial charge in [-0.2, -0.15) is 0 Å². The first-order chi connectivity index (χ1) is 13.7. The van der Waals surface area contributed by atoms with Crippen molar-refractivity contribution in [1.82, 2.24) is 0 Å². The zero-order chi connectivity index (χ0) is 19.8.